The Morgan fingerprint density at radius 3 is 2.33 bits per heavy atom. The SMILES string of the molecule is CCC(CC)C(CNS(=O)(=O)c1cc(Cl)c(Br)s1)N(C)C. The van der Waals surface area contributed by atoms with Crippen LogP contribution in [0.1, 0.15) is 26.7 Å². The molecule has 8 heteroatoms. The van der Waals surface area contributed by atoms with E-state index in [1.807, 2.05) is 14.1 Å². The van der Waals surface area contributed by atoms with Crippen LogP contribution in [0.5, 0.6) is 0 Å². The maximum atomic E-state index is 12.3. The van der Waals surface area contributed by atoms with E-state index in [1.165, 1.54) is 6.07 Å². The highest BCUT2D eigenvalue weighted by Crippen LogP contribution is 2.34. The van der Waals surface area contributed by atoms with Gasteiger partial charge in [-0.05, 0) is 42.0 Å². The zero-order valence-corrected chi connectivity index (χ0v) is 16.7. The van der Waals surface area contributed by atoms with E-state index in [9.17, 15) is 8.42 Å². The fourth-order valence-electron chi connectivity index (χ4n) is 2.33. The second-order valence-corrected chi connectivity index (χ2v) is 9.92. The first-order chi connectivity index (χ1) is 9.72. The summed E-state index contributed by atoms with van der Waals surface area (Å²) in [6.07, 6.45) is 2.05. The minimum atomic E-state index is -3.51. The summed E-state index contributed by atoms with van der Waals surface area (Å²) in [6, 6.07) is 1.65. The molecule has 0 bridgehead atoms. The topological polar surface area (TPSA) is 49.4 Å². The van der Waals surface area contributed by atoms with Crippen LogP contribution in [0.25, 0.3) is 0 Å². The van der Waals surface area contributed by atoms with Crippen molar-refractivity contribution >= 4 is 48.9 Å². The number of sulfonamides is 1. The number of hydrogen-bond donors (Lipinski definition) is 1. The van der Waals surface area contributed by atoms with Crippen molar-refractivity contribution < 1.29 is 8.42 Å². The first kappa shape index (κ1) is 19.4. The van der Waals surface area contributed by atoms with Gasteiger partial charge in [0.15, 0.2) is 0 Å². The number of nitrogens with zero attached hydrogens (tertiary/aromatic N) is 1. The number of likely N-dealkylation sites (N-methyl/N-ethyl adjacent to an activating group) is 1. The van der Waals surface area contributed by atoms with E-state index in [-0.39, 0.29) is 10.3 Å². The highest BCUT2D eigenvalue weighted by atomic mass is 79.9. The second-order valence-electron chi connectivity index (χ2n) is 5.15. The zero-order chi connectivity index (χ0) is 16.2. The third-order valence-electron chi connectivity index (χ3n) is 3.63. The van der Waals surface area contributed by atoms with Crippen molar-refractivity contribution in [1.29, 1.82) is 0 Å². The van der Waals surface area contributed by atoms with Crippen LogP contribution in [-0.2, 0) is 10.0 Å². The van der Waals surface area contributed by atoms with Crippen LogP contribution in [-0.4, -0.2) is 40.0 Å². The van der Waals surface area contributed by atoms with Crippen molar-refractivity contribution in [3.63, 3.8) is 0 Å². The van der Waals surface area contributed by atoms with Crippen LogP contribution in [0.4, 0.5) is 0 Å². The van der Waals surface area contributed by atoms with Crippen molar-refractivity contribution in [2.45, 2.75) is 36.9 Å². The van der Waals surface area contributed by atoms with Gasteiger partial charge in [-0.1, -0.05) is 38.3 Å². The van der Waals surface area contributed by atoms with Gasteiger partial charge < -0.3 is 4.90 Å². The number of thiophene rings is 1. The third-order valence-corrected chi connectivity index (χ3v) is 8.00. The summed E-state index contributed by atoms with van der Waals surface area (Å²) < 4.78 is 28.2. The molecule has 0 aliphatic heterocycles. The molecule has 122 valence electrons. The Balaban J connectivity index is 2.83. The molecular formula is C13H22BrClN2O2S2. The lowest BCUT2D eigenvalue weighted by Gasteiger charge is -2.31. The first-order valence-corrected chi connectivity index (χ1v) is 10.3. The van der Waals surface area contributed by atoms with Crippen LogP contribution in [0, 0.1) is 5.92 Å². The molecule has 1 aromatic heterocycles. The third kappa shape index (κ3) is 5.18. The highest BCUT2D eigenvalue weighted by molar-refractivity contribution is 9.11. The molecule has 0 saturated heterocycles. The summed E-state index contributed by atoms with van der Waals surface area (Å²) in [5, 5.41) is 0.421. The molecule has 1 atom stereocenters. The van der Waals surface area contributed by atoms with Gasteiger partial charge in [-0.2, -0.15) is 0 Å². The Morgan fingerprint density at radius 1 is 1.38 bits per heavy atom. The van der Waals surface area contributed by atoms with Gasteiger partial charge in [-0.3, -0.25) is 0 Å². The fraction of sp³-hybridized carbons (Fsp3) is 0.692. The molecular weight excluding hydrogens is 396 g/mol. The molecule has 4 nitrogen and oxygen atoms in total. The molecule has 0 fully saturated rings. The average Bonchev–Trinajstić information content (AvgIpc) is 2.75. The number of hydrogen-bond acceptors (Lipinski definition) is 4. The molecule has 21 heavy (non-hydrogen) atoms. The second kappa shape index (κ2) is 8.26. The predicted molar refractivity (Wildman–Crippen MR) is 93.8 cm³/mol. The lowest BCUT2D eigenvalue weighted by molar-refractivity contribution is 0.201. The van der Waals surface area contributed by atoms with Gasteiger partial charge in [-0.25, -0.2) is 13.1 Å². The van der Waals surface area contributed by atoms with E-state index in [1.54, 1.807) is 0 Å². The lowest BCUT2D eigenvalue weighted by atomic mass is 9.93. The van der Waals surface area contributed by atoms with E-state index in [0.29, 0.717) is 21.3 Å². The van der Waals surface area contributed by atoms with Crippen LogP contribution >= 0.6 is 38.9 Å². The summed E-state index contributed by atoms with van der Waals surface area (Å²) in [7, 11) is 0.451. The van der Waals surface area contributed by atoms with Crippen LogP contribution in [0.15, 0.2) is 14.1 Å². The Labute approximate surface area is 145 Å². The zero-order valence-electron chi connectivity index (χ0n) is 12.7. The van der Waals surface area contributed by atoms with Gasteiger partial charge in [-0.15, -0.1) is 11.3 Å². The molecule has 0 aliphatic rings. The van der Waals surface area contributed by atoms with Gasteiger partial charge >= 0.3 is 0 Å². The molecule has 0 saturated carbocycles. The minimum Gasteiger partial charge on any atom is -0.305 e. The van der Waals surface area contributed by atoms with Crippen molar-refractivity contribution in [2.24, 2.45) is 5.92 Å². The van der Waals surface area contributed by atoms with E-state index in [4.69, 9.17) is 11.6 Å². The average molecular weight is 418 g/mol. The molecule has 0 spiro atoms. The standard InChI is InChI=1S/C13H22BrClN2O2S2/c1-5-9(6-2)11(17(3)4)8-16-21(18,19)12-7-10(15)13(14)20-12/h7,9,11,16H,5-6,8H2,1-4H3. The minimum absolute atomic E-state index is 0.175. The maximum absolute atomic E-state index is 12.3. The van der Waals surface area contributed by atoms with Gasteiger partial charge in [0.2, 0.25) is 10.0 Å². The van der Waals surface area contributed by atoms with E-state index < -0.39 is 10.0 Å². The van der Waals surface area contributed by atoms with Crippen molar-refractivity contribution in [3.8, 4) is 0 Å². The monoisotopic (exact) mass is 416 g/mol. The molecule has 1 unspecified atom stereocenters. The van der Waals surface area contributed by atoms with E-state index in [0.717, 1.165) is 24.2 Å². The van der Waals surface area contributed by atoms with Crippen molar-refractivity contribution in [3.05, 3.63) is 14.9 Å². The van der Waals surface area contributed by atoms with Gasteiger partial charge in [0.1, 0.15) is 4.21 Å². The van der Waals surface area contributed by atoms with Crippen molar-refractivity contribution in [1.82, 2.24) is 9.62 Å². The number of halogens is 2. The van der Waals surface area contributed by atoms with Gasteiger partial charge in [0.05, 0.1) is 8.81 Å². The van der Waals surface area contributed by atoms with Crippen LogP contribution < -0.4 is 4.72 Å². The molecule has 1 N–H and O–H groups in total. The smallest absolute Gasteiger partial charge is 0.250 e. The highest BCUT2D eigenvalue weighted by Gasteiger charge is 2.25. The van der Waals surface area contributed by atoms with E-state index >= 15 is 0 Å². The Kier molecular flexibility index (Phi) is 7.63. The fourth-order valence-corrected chi connectivity index (χ4v) is 5.82. The Morgan fingerprint density at radius 2 is 1.95 bits per heavy atom. The number of rotatable bonds is 8. The normalized spacial score (nSPS) is 14.1. The van der Waals surface area contributed by atoms with Crippen molar-refractivity contribution in [2.75, 3.05) is 20.6 Å². The van der Waals surface area contributed by atoms with Gasteiger partial charge in [0, 0.05) is 12.6 Å². The predicted octanol–water partition coefficient (Wildman–Crippen LogP) is 3.81. The lowest BCUT2D eigenvalue weighted by Crippen LogP contribution is -2.44. The van der Waals surface area contributed by atoms with Crippen LogP contribution in [0.3, 0.4) is 0 Å². The summed E-state index contributed by atoms with van der Waals surface area (Å²) in [5.74, 6) is 0.460. The molecule has 0 amide bonds. The molecule has 1 aromatic rings. The first-order valence-electron chi connectivity index (χ1n) is 6.83. The Bertz CT molecular complexity index is 537. The largest absolute Gasteiger partial charge is 0.305 e. The molecule has 0 aliphatic carbocycles. The molecule has 0 aromatic carbocycles. The summed E-state index contributed by atoms with van der Waals surface area (Å²) in [6.45, 7) is 4.67. The van der Waals surface area contributed by atoms with Gasteiger partial charge in [0.25, 0.3) is 0 Å². The number of nitrogens with one attached hydrogen (secondary N) is 1. The summed E-state index contributed by atoms with van der Waals surface area (Å²) in [4.78, 5) is 2.08. The molecule has 1 heterocycles. The molecule has 1 rings (SSSR count). The van der Waals surface area contributed by atoms with E-state index in [2.05, 4.69) is 39.4 Å². The van der Waals surface area contributed by atoms with Crippen LogP contribution in [0.2, 0.25) is 5.02 Å². The molecule has 0 radical (unpaired) electrons. The summed E-state index contributed by atoms with van der Waals surface area (Å²) in [5.41, 5.74) is 0. The Hall–Kier alpha value is 0.340. The quantitative estimate of drug-likeness (QED) is 0.699. The maximum Gasteiger partial charge on any atom is 0.250 e. The summed E-state index contributed by atoms with van der Waals surface area (Å²) >= 11 is 10.3.